The number of carbonyl (C=O) groups excluding carboxylic acids is 1. The number of rotatable bonds is 6. The highest BCUT2D eigenvalue weighted by atomic mass is 35.5. The molecule has 0 fully saturated rings. The van der Waals surface area contributed by atoms with E-state index in [4.69, 9.17) is 23.2 Å². The number of hydrogen-bond acceptors (Lipinski definition) is 2. The van der Waals surface area contributed by atoms with Crippen LogP contribution in [0.1, 0.15) is 15.9 Å². The minimum Gasteiger partial charge on any atom is -0.383 e. The van der Waals surface area contributed by atoms with Crippen molar-refractivity contribution >= 4 is 35.2 Å². The van der Waals surface area contributed by atoms with Crippen LogP contribution in [0.4, 0.5) is 5.69 Å². The number of anilines is 1. The molecule has 0 unspecified atom stereocenters. The van der Waals surface area contributed by atoms with Crippen molar-refractivity contribution in [2.24, 2.45) is 0 Å². The first-order valence-electron chi connectivity index (χ1n) is 4.75. The van der Waals surface area contributed by atoms with Crippen molar-refractivity contribution in [3.8, 4) is 0 Å². The molecule has 15 heavy (non-hydrogen) atoms. The number of carbonyl (C=O) groups is 1. The molecule has 0 bridgehead atoms. The molecule has 0 saturated heterocycles. The second-order valence-corrected chi connectivity index (χ2v) is 3.85. The number of nitrogens with one attached hydrogen (secondary N) is 1. The summed E-state index contributed by atoms with van der Waals surface area (Å²) in [6.07, 6.45) is 1.64. The van der Waals surface area contributed by atoms with Crippen LogP contribution < -0.4 is 5.32 Å². The molecular formula is C11H13Cl2NO. The highest BCUT2D eigenvalue weighted by Gasteiger charge is 2.02. The van der Waals surface area contributed by atoms with Gasteiger partial charge in [0.25, 0.3) is 0 Å². The maximum atomic E-state index is 10.8. The van der Waals surface area contributed by atoms with Crippen molar-refractivity contribution < 1.29 is 4.79 Å². The maximum Gasteiger partial charge on any atom is 0.152 e. The predicted octanol–water partition coefficient (Wildman–Crippen LogP) is 2.93. The molecule has 0 aliphatic heterocycles. The first-order valence-corrected chi connectivity index (χ1v) is 5.82. The minimum absolute atomic E-state index is 0.512. The first kappa shape index (κ1) is 12.3. The Morgan fingerprint density at radius 2 is 2.07 bits per heavy atom. The number of hydrogen-bond donors (Lipinski definition) is 1. The molecule has 4 heteroatoms. The average molecular weight is 246 g/mol. The Hall–Kier alpha value is -0.730. The Balaban J connectivity index is 2.86. The summed E-state index contributed by atoms with van der Waals surface area (Å²) in [5.41, 5.74) is 2.60. The van der Waals surface area contributed by atoms with Crippen molar-refractivity contribution in [2.45, 2.75) is 6.42 Å². The van der Waals surface area contributed by atoms with Crippen LogP contribution in [0.3, 0.4) is 0 Å². The summed E-state index contributed by atoms with van der Waals surface area (Å²) in [5.74, 6) is 1.09. The third-order valence-corrected chi connectivity index (χ3v) is 2.42. The van der Waals surface area contributed by atoms with Gasteiger partial charge < -0.3 is 5.32 Å². The summed E-state index contributed by atoms with van der Waals surface area (Å²) in [5, 5.41) is 3.11. The van der Waals surface area contributed by atoms with Crippen molar-refractivity contribution in [3.05, 3.63) is 29.3 Å². The summed E-state index contributed by atoms with van der Waals surface area (Å²) in [6.45, 7) is 0.646. The van der Waals surface area contributed by atoms with E-state index >= 15 is 0 Å². The van der Waals surface area contributed by atoms with Gasteiger partial charge in [-0.1, -0.05) is 6.07 Å². The largest absolute Gasteiger partial charge is 0.383 e. The molecule has 0 saturated carbocycles. The quantitative estimate of drug-likeness (QED) is 0.617. The molecule has 0 aliphatic carbocycles. The van der Waals surface area contributed by atoms with Crippen LogP contribution in [0.25, 0.3) is 0 Å². The van der Waals surface area contributed by atoms with Gasteiger partial charge in [-0.2, -0.15) is 0 Å². The van der Waals surface area contributed by atoms with Gasteiger partial charge in [-0.15, -0.1) is 23.2 Å². The van der Waals surface area contributed by atoms with Crippen LogP contribution >= 0.6 is 23.2 Å². The Labute approximate surface area is 99.6 Å². The highest BCUT2D eigenvalue weighted by molar-refractivity contribution is 6.18. The topological polar surface area (TPSA) is 29.1 Å². The van der Waals surface area contributed by atoms with Gasteiger partial charge in [0.15, 0.2) is 6.29 Å². The monoisotopic (exact) mass is 245 g/mol. The molecule has 0 amide bonds. The van der Waals surface area contributed by atoms with Crippen molar-refractivity contribution in [1.82, 2.24) is 0 Å². The second-order valence-electron chi connectivity index (χ2n) is 3.09. The molecule has 1 aromatic carbocycles. The Morgan fingerprint density at radius 1 is 1.27 bits per heavy atom. The zero-order chi connectivity index (χ0) is 11.1. The third kappa shape index (κ3) is 3.73. The molecule has 0 heterocycles. The highest BCUT2D eigenvalue weighted by Crippen LogP contribution is 2.16. The SMILES string of the molecule is O=Cc1ccc(CCCl)cc1NCCCl. The van der Waals surface area contributed by atoms with E-state index < -0.39 is 0 Å². The molecule has 2 nitrogen and oxygen atoms in total. The smallest absolute Gasteiger partial charge is 0.152 e. The Morgan fingerprint density at radius 3 is 2.67 bits per heavy atom. The van der Waals surface area contributed by atoms with E-state index in [1.54, 1.807) is 6.07 Å². The third-order valence-electron chi connectivity index (χ3n) is 2.04. The van der Waals surface area contributed by atoms with Gasteiger partial charge in [0.1, 0.15) is 0 Å². The molecule has 82 valence electrons. The van der Waals surface area contributed by atoms with Gasteiger partial charge in [0.05, 0.1) is 0 Å². The average Bonchev–Trinajstić information content (AvgIpc) is 2.27. The van der Waals surface area contributed by atoms with Crippen LogP contribution in [0.5, 0.6) is 0 Å². The van der Waals surface area contributed by atoms with Crippen molar-refractivity contribution in [3.63, 3.8) is 0 Å². The van der Waals surface area contributed by atoms with Crippen molar-refractivity contribution in [1.29, 1.82) is 0 Å². The summed E-state index contributed by atoms with van der Waals surface area (Å²) < 4.78 is 0. The molecule has 0 spiro atoms. The normalized spacial score (nSPS) is 10.0. The van der Waals surface area contributed by atoms with Gasteiger partial charge >= 0.3 is 0 Å². The fourth-order valence-electron chi connectivity index (χ4n) is 1.31. The Bertz CT molecular complexity index is 328. The van der Waals surface area contributed by atoms with Crippen molar-refractivity contribution in [2.75, 3.05) is 23.6 Å². The number of alkyl halides is 2. The van der Waals surface area contributed by atoms with E-state index in [0.29, 0.717) is 23.9 Å². The molecule has 0 aromatic heterocycles. The summed E-state index contributed by atoms with van der Waals surface area (Å²) in [7, 11) is 0. The van der Waals surface area contributed by atoms with E-state index in [2.05, 4.69) is 5.32 Å². The predicted molar refractivity (Wildman–Crippen MR) is 65.5 cm³/mol. The van der Waals surface area contributed by atoms with E-state index in [-0.39, 0.29) is 0 Å². The van der Waals surface area contributed by atoms with Gasteiger partial charge in [-0.3, -0.25) is 4.79 Å². The van der Waals surface area contributed by atoms with Gasteiger partial charge in [-0.05, 0) is 24.1 Å². The fraction of sp³-hybridized carbons (Fsp3) is 0.364. The molecule has 0 atom stereocenters. The molecule has 1 rings (SSSR count). The molecule has 0 radical (unpaired) electrons. The number of halogens is 2. The van der Waals surface area contributed by atoms with Crippen LogP contribution in [-0.2, 0) is 6.42 Å². The maximum absolute atomic E-state index is 10.8. The summed E-state index contributed by atoms with van der Waals surface area (Å²) in [6, 6.07) is 5.65. The zero-order valence-electron chi connectivity index (χ0n) is 8.30. The number of aldehydes is 1. The van der Waals surface area contributed by atoms with E-state index in [1.807, 2.05) is 12.1 Å². The van der Waals surface area contributed by atoms with Crippen LogP contribution in [0, 0.1) is 0 Å². The summed E-state index contributed by atoms with van der Waals surface area (Å²) in [4.78, 5) is 10.8. The number of benzene rings is 1. The lowest BCUT2D eigenvalue weighted by Gasteiger charge is -2.09. The van der Waals surface area contributed by atoms with Crippen LogP contribution in [0.2, 0.25) is 0 Å². The minimum atomic E-state index is 0.512. The lowest BCUT2D eigenvalue weighted by atomic mass is 10.1. The fourth-order valence-corrected chi connectivity index (χ4v) is 1.62. The first-order chi connectivity index (χ1) is 7.31. The van der Waals surface area contributed by atoms with Gasteiger partial charge in [0, 0.05) is 29.6 Å². The Kier molecular flexibility index (Phi) is 5.51. The molecule has 1 aromatic rings. The van der Waals surface area contributed by atoms with E-state index in [0.717, 1.165) is 24.0 Å². The zero-order valence-corrected chi connectivity index (χ0v) is 9.81. The van der Waals surface area contributed by atoms with E-state index in [1.165, 1.54) is 0 Å². The lowest BCUT2D eigenvalue weighted by Crippen LogP contribution is -2.05. The lowest BCUT2D eigenvalue weighted by molar-refractivity contribution is 0.112. The molecule has 1 N–H and O–H groups in total. The summed E-state index contributed by atoms with van der Waals surface area (Å²) >= 11 is 11.2. The van der Waals surface area contributed by atoms with Gasteiger partial charge in [0.2, 0.25) is 0 Å². The van der Waals surface area contributed by atoms with Gasteiger partial charge in [-0.25, -0.2) is 0 Å². The van der Waals surface area contributed by atoms with Crippen LogP contribution in [-0.4, -0.2) is 24.6 Å². The second kappa shape index (κ2) is 6.70. The number of aryl methyl sites for hydroxylation is 1. The molecular weight excluding hydrogens is 233 g/mol. The van der Waals surface area contributed by atoms with E-state index in [9.17, 15) is 4.79 Å². The van der Waals surface area contributed by atoms with Crippen LogP contribution in [0.15, 0.2) is 18.2 Å². The molecule has 0 aliphatic rings. The standard InChI is InChI=1S/C11H13Cl2NO/c12-4-3-9-1-2-10(8-15)11(7-9)14-6-5-13/h1-2,7-8,14H,3-6H2.